The summed E-state index contributed by atoms with van der Waals surface area (Å²) in [5.41, 5.74) is -0.526. The second kappa shape index (κ2) is 7.75. The van der Waals surface area contributed by atoms with E-state index in [-0.39, 0.29) is 0 Å². The molecule has 0 atom stereocenters. The monoisotopic (exact) mass is 383 g/mol. The first-order valence-electron chi connectivity index (χ1n) is 8.47. The Hall–Kier alpha value is -1.93. The number of carbonyl (C=O) groups excluding carboxylic acids is 1. The average molecular weight is 383 g/mol. The van der Waals surface area contributed by atoms with Gasteiger partial charge in [0, 0.05) is 11.9 Å². The fourth-order valence-corrected chi connectivity index (χ4v) is 3.68. The van der Waals surface area contributed by atoms with Gasteiger partial charge in [-0.05, 0) is 44.0 Å². The standard InChI is InChI=1S/C18H20F3N3OS/c1-12-6-8-24(9-7-12)10-13-11-26-17(22-13)23-16(25)14-4-2-3-5-15(14)18(19,20)21/h2-5,11-12H,6-10H2,1H3,(H,22,23,25). The Morgan fingerprint density at radius 3 is 2.69 bits per heavy atom. The number of nitrogens with one attached hydrogen (secondary N) is 1. The normalized spacial score (nSPS) is 16.6. The number of alkyl halides is 3. The minimum Gasteiger partial charge on any atom is -0.298 e. The Bertz CT molecular complexity index is 767. The fourth-order valence-electron chi connectivity index (χ4n) is 2.98. The Morgan fingerprint density at radius 1 is 1.31 bits per heavy atom. The zero-order valence-electron chi connectivity index (χ0n) is 14.3. The van der Waals surface area contributed by atoms with Crippen molar-refractivity contribution in [3.05, 3.63) is 46.5 Å². The molecule has 1 saturated heterocycles. The van der Waals surface area contributed by atoms with Gasteiger partial charge in [-0.25, -0.2) is 4.98 Å². The van der Waals surface area contributed by atoms with Crippen LogP contribution in [0.15, 0.2) is 29.6 Å². The van der Waals surface area contributed by atoms with Crippen molar-refractivity contribution in [1.82, 2.24) is 9.88 Å². The van der Waals surface area contributed by atoms with Gasteiger partial charge >= 0.3 is 6.18 Å². The number of nitrogens with zero attached hydrogens (tertiary/aromatic N) is 2. The molecule has 0 spiro atoms. The van der Waals surface area contributed by atoms with Crippen molar-refractivity contribution < 1.29 is 18.0 Å². The van der Waals surface area contributed by atoms with Crippen molar-refractivity contribution in [1.29, 1.82) is 0 Å². The van der Waals surface area contributed by atoms with Crippen LogP contribution in [0.4, 0.5) is 18.3 Å². The number of benzene rings is 1. The third-order valence-corrected chi connectivity index (χ3v) is 5.32. The van der Waals surface area contributed by atoms with Gasteiger partial charge in [-0.1, -0.05) is 19.1 Å². The van der Waals surface area contributed by atoms with Crippen LogP contribution < -0.4 is 5.32 Å². The summed E-state index contributed by atoms with van der Waals surface area (Å²) >= 11 is 1.22. The molecule has 26 heavy (non-hydrogen) atoms. The van der Waals surface area contributed by atoms with E-state index in [1.807, 2.05) is 5.38 Å². The first-order chi connectivity index (χ1) is 12.3. The summed E-state index contributed by atoms with van der Waals surface area (Å²) in [4.78, 5) is 18.9. The largest absolute Gasteiger partial charge is 0.417 e. The molecule has 2 heterocycles. The molecule has 1 fully saturated rings. The lowest BCUT2D eigenvalue weighted by molar-refractivity contribution is -0.137. The van der Waals surface area contributed by atoms with Gasteiger partial charge in [-0.2, -0.15) is 13.2 Å². The maximum absolute atomic E-state index is 13.0. The van der Waals surface area contributed by atoms with Crippen LogP contribution in [-0.2, 0) is 12.7 Å². The molecule has 1 aliphatic rings. The van der Waals surface area contributed by atoms with E-state index < -0.39 is 23.2 Å². The lowest BCUT2D eigenvalue weighted by Crippen LogP contribution is -2.32. The van der Waals surface area contributed by atoms with Gasteiger partial charge in [0.25, 0.3) is 5.91 Å². The minimum atomic E-state index is -4.58. The van der Waals surface area contributed by atoms with E-state index in [0.29, 0.717) is 11.7 Å². The van der Waals surface area contributed by atoms with Gasteiger partial charge in [-0.15, -0.1) is 11.3 Å². The zero-order chi connectivity index (χ0) is 18.7. The molecule has 2 aromatic rings. The SMILES string of the molecule is CC1CCN(Cc2csc(NC(=O)c3ccccc3C(F)(F)F)n2)CC1. The van der Waals surface area contributed by atoms with Gasteiger partial charge in [0.15, 0.2) is 5.13 Å². The van der Waals surface area contributed by atoms with Gasteiger partial charge in [0.2, 0.25) is 0 Å². The van der Waals surface area contributed by atoms with Crippen molar-refractivity contribution in [2.24, 2.45) is 5.92 Å². The third-order valence-electron chi connectivity index (χ3n) is 4.51. The fraction of sp³-hybridized carbons (Fsp3) is 0.444. The zero-order valence-corrected chi connectivity index (χ0v) is 15.2. The van der Waals surface area contributed by atoms with Gasteiger partial charge < -0.3 is 0 Å². The number of piperidine rings is 1. The second-order valence-corrected chi connectivity index (χ2v) is 7.46. The molecule has 3 rings (SSSR count). The van der Waals surface area contributed by atoms with Crippen LogP contribution in [0.5, 0.6) is 0 Å². The Balaban J connectivity index is 1.65. The molecule has 1 amide bonds. The molecule has 1 aromatic carbocycles. The van der Waals surface area contributed by atoms with E-state index in [4.69, 9.17) is 0 Å². The molecule has 0 aliphatic carbocycles. The molecule has 1 aliphatic heterocycles. The van der Waals surface area contributed by atoms with Crippen LogP contribution in [0.25, 0.3) is 0 Å². The number of hydrogen-bond acceptors (Lipinski definition) is 4. The third kappa shape index (κ3) is 4.62. The van der Waals surface area contributed by atoms with E-state index in [1.54, 1.807) is 0 Å². The van der Waals surface area contributed by atoms with Crippen molar-refractivity contribution >= 4 is 22.4 Å². The van der Waals surface area contributed by atoms with Gasteiger partial charge in [-0.3, -0.25) is 15.0 Å². The molecule has 140 valence electrons. The summed E-state index contributed by atoms with van der Waals surface area (Å²) in [6, 6.07) is 4.75. The number of thiazole rings is 1. The topological polar surface area (TPSA) is 45.2 Å². The van der Waals surface area contributed by atoms with Crippen LogP contribution in [-0.4, -0.2) is 28.9 Å². The van der Waals surface area contributed by atoms with Crippen molar-refractivity contribution in [2.75, 3.05) is 18.4 Å². The lowest BCUT2D eigenvalue weighted by atomic mass is 9.99. The number of rotatable bonds is 4. The van der Waals surface area contributed by atoms with Crippen LogP contribution in [0.1, 0.15) is 41.4 Å². The molecule has 0 saturated carbocycles. The van der Waals surface area contributed by atoms with Crippen LogP contribution >= 0.6 is 11.3 Å². The maximum Gasteiger partial charge on any atom is 0.417 e. The van der Waals surface area contributed by atoms with Crippen LogP contribution in [0, 0.1) is 5.92 Å². The number of aromatic nitrogens is 1. The van der Waals surface area contributed by atoms with Crippen molar-refractivity contribution in [2.45, 2.75) is 32.5 Å². The summed E-state index contributed by atoms with van der Waals surface area (Å²) < 4.78 is 39.1. The number of amides is 1. The lowest BCUT2D eigenvalue weighted by Gasteiger charge is -2.29. The highest BCUT2D eigenvalue weighted by Crippen LogP contribution is 2.32. The van der Waals surface area contributed by atoms with E-state index in [2.05, 4.69) is 22.1 Å². The Kier molecular flexibility index (Phi) is 5.62. The second-order valence-electron chi connectivity index (χ2n) is 6.60. The predicted molar refractivity (Wildman–Crippen MR) is 95.2 cm³/mol. The van der Waals surface area contributed by atoms with E-state index in [1.165, 1.54) is 29.5 Å². The molecular formula is C18H20F3N3OS. The Labute approximate surface area is 154 Å². The summed E-state index contributed by atoms with van der Waals surface area (Å²) in [5.74, 6) is -0.0594. The van der Waals surface area contributed by atoms with E-state index >= 15 is 0 Å². The number of hydrogen-bond donors (Lipinski definition) is 1. The number of halogens is 3. The summed E-state index contributed by atoms with van der Waals surface area (Å²) in [6.45, 7) is 4.96. The molecule has 4 nitrogen and oxygen atoms in total. The summed E-state index contributed by atoms with van der Waals surface area (Å²) in [6.07, 6.45) is -2.27. The van der Waals surface area contributed by atoms with Crippen molar-refractivity contribution in [3.8, 4) is 0 Å². The smallest absolute Gasteiger partial charge is 0.298 e. The molecule has 0 bridgehead atoms. The number of carbonyl (C=O) groups is 1. The number of likely N-dealkylation sites (tertiary alicyclic amines) is 1. The maximum atomic E-state index is 13.0. The quantitative estimate of drug-likeness (QED) is 0.836. The highest BCUT2D eigenvalue weighted by atomic mass is 32.1. The highest BCUT2D eigenvalue weighted by molar-refractivity contribution is 7.14. The molecule has 1 N–H and O–H groups in total. The minimum absolute atomic E-state index is 0.312. The summed E-state index contributed by atoms with van der Waals surface area (Å²) in [5, 5.41) is 4.63. The van der Waals surface area contributed by atoms with Gasteiger partial charge in [0.1, 0.15) is 0 Å². The first kappa shape index (κ1) is 18.8. The molecule has 0 radical (unpaired) electrons. The summed E-state index contributed by atoms with van der Waals surface area (Å²) in [7, 11) is 0. The average Bonchev–Trinajstić information content (AvgIpc) is 3.03. The van der Waals surface area contributed by atoms with E-state index in [9.17, 15) is 18.0 Å². The molecule has 0 unspecified atom stereocenters. The van der Waals surface area contributed by atoms with Gasteiger partial charge in [0.05, 0.1) is 16.8 Å². The van der Waals surface area contributed by atoms with E-state index in [0.717, 1.165) is 43.6 Å². The molecule has 1 aromatic heterocycles. The number of anilines is 1. The van der Waals surface area contributed by atoms with Crippen LogP contribution in [0.3, 0.4) is 0 Å². The Morgan fingerprint density at radius 2 is 2.00 bits per heavy atom. The van der Waals surface area contributed by atoms with Crippen LogP contribution in [0.2, 0.25) is 0 Å². The molecular weight excluding hydrogens is 363 g/mol. The predicted octanol–water partition coefficient (Wildman–Crippen LogP) is 4.65. The highest BCUT2D eigenvalue weighted by Gasteiger charge is 2.35. The molecule has 8 heteroatoms. The van der Waals surface area contributed by atoms with Crippen molar-refractivity contribution in [3.63, 3.8) is 0 Å². The first-order valence-corrected chi connectivity index (χ1v) is 9.35.